The Labute approximate surface area is 218 Å². The van der Waals surface area contributed by atoms with Crippen molar-refractivity contribution in [2.75, 3.05) is 34.3 Å². The number of benzene rings is 2. The van der Waals surface area contributed by atoms with Gasteiger partial charge in [0, 0.05) is 19.2 Å². The number of aromatic nitrogens is 2. The quantitative estimate of drug-likeness (QED) is 0.119. The van der Waals surface area contributed by atoms with Crippen molar-refractivity contribution >= 4 is 60.6 Å². The molecule has 0 saturated carbocycles. The lowest BCUT2D eigenvalue weighted by atomic mass is 10.2. The predicted molar refractivity (Wildman–Crippen MR) is 149 cm³/mol. The average molecular weight is 521 g/mol. The number of anilines is 4. The van der Waals surface area contributed by atoms with E-state index in [-0.39, 0.29) is 0 Å². The summed E-state index contributed by atoms with van der Waals surface area (Å²) >= 11 is 3.25. The third kappa shape index (κ3) is 5.99. The van der Waals surface area contributed by atoms with E-state index in [0.717, 1.165) is 38.9 Å². The van der Waals surface area contributed by atoms with Crippen LogP contribution in [0.15, 0.2) is 58.8 Å². The number of thiophene rings is 1. The van der Waals surface area contributed by atoms with Crippen molar-refractivity contribution in [3.63, 3.8) is 0 Å². The molecule has 4 aromatic rings. The summed E-state index contributed by atoms with van der Waals surface area (Å²) in [5.74, 6) is 0. The number of nitrogens with one attached hydrogen (secondary N) is 3. The molecule has 0 radical (unpaired) electrons. The highest BCUT2D eigenvalue weighted by molar-refractivity contribution is 7.19. The standard InChI is InChI=1S/C25H29N9S2/c1-16-15-20(28-31-23-10-11-24(36-23)34-12-4-5-13-34)7-8-21(16)29-27-19-6-9-22(17(2)14-19)30-33-25-32-26-18(3)35-25/h6-11,14-15,27-29,31H,4-5,12-13H2,1-3H3/p+1. The first-order valence-corrected chi connectivity index (χ1v) is 13.6. The lowest BCUT2D eigenvalue weighted by Crippen LogP contribution is -2.82. The Kier molecular flexibility index (Phi) is 7.40. The van der Waals surface area contributed by atoms with Gasteiger partial charge < -0.3 is 15.8 Å². The number of rotatable bonds is 9. The molecule has 5 N–H and O–H groups in total. The van der Waals surface area contributed by atoms with Gasteiger partial charge in [0.25, 0.3) is 5.13 Å². The summed E-state index contributed by atoms with van der Waals surface area (Å²) in [5, 5.41) is 20.4. The lowest BCUT2D eigenvalue weighted by molar-refractivity contribution is -0.534. The monoisotopic (exact) mass is 520 g/mol. The number of aryl methyl sites for hydroxylation is 3. The maximum Gasteiger partial charge on any atom is 0.251 e. The molecule has 0 aliphatic carbocycles. The van der Waals surface area contributed by atoms with Crippen LogP contribution in [0.25, 0.3) is 0 Å². The van der Waals surface area contributed by atoms with E-state index in [1.807, 2.05) is 43.4 Å². The minimum atomic E-state index is 0.559. The van der Waals surface area contributed by atoms with Gasteiger partial charge >= 0.3 is 0 Å². The highest BCUT2D eigenvalue weighted by Crippen LogP contribution is 2.30. The molecule has 36 heavy (non-hydrogen) atoms. The van der Waals surface area contributed by atoms with Crippen molar-refractivity contribution in [2.45, 2.75) is 33.6 Å². The van der Waals surface area contributed by atoms with Crippen LogP contribution in [-0.4, -0.2) is 23.3 Å². The van der Waals surface area contributed by atoms with Gasteiger partial charge in [-0.25, -0.2) is 10.9 Å². The zero-order valence-electron chi connectivity index (χ0n) is 20.6. The van der Waals surface area contributed by atoms with Crippen LogP contribution in [0.5, 0.6) is 0 Å². The maximum absolute atomic E-state index is 4.31. The number of nitrogen functional groups attached to an aromatic ring is 1. The summed E-state index contributed by atoms with van der Waals surface area (Å²) in [5.41, 5.74) is 18.1. The molecule has 1 aliphatic rings. The van der Waals surface area contributed by atoms with Crippen molar-refractivity contribution in [3.05, 3.63) is 64.7 Å². The molecule has 1 saturated heterocycles. The predicted octanol–water partition coefficient (Wildman–Crippen LogP) is 6.20. The maximum atomic E-state index is 4.31. The second-order valence-corrected chi connectivity index (χ2v) is 11.0. The molecule has 2 aromatic heterocycles. The van der Waals surface area contributed by atoms with Gasteiger partial charge in [-0.3, -0.25) is 0 Å². The molecule has 5 rings (SSSR count). The van der Waals surface area contributed by atoms with E-state index >= 15 is 0 Å². The largest absolute Gasteiger partial charge is 0.363 e. The van der Waals surface area contributed by atoms with Crippen LogP contribution in [0.4, 0.5) is 37.9 Å². The Morgan fingerprint density at radius 1 is 0.833 bits per heavy atom. The SMILES string of the molecule is Cc1nnc(N=Nc2ccc(NNc3ccc(N[NH2+]c4ccc(N5CCCC5)s4)cc3C)cc2C)s1. The first kappa shape index (κ1) is 24.2. The lowest BCUT2D eigenvalue weighted by Gasteiger charge is -2.14. The van der Waals surface area contributed by atoms with Crippen molar-refractivity contribution < 1.29 is 5.43 Å². The Bertz CT molecular complexity index is 1360. The molecule has 0 bridgehead atoms. The van der Waals surface area contributed by atoms with Gasteiger partial charge in [-0.1, -0.05) is 22.7 Å². The summed E-state index contributed by atoms with van der Waals surface area (Å²) in [6.45, 7) is 8.35. The van der Waals surface area contributed by atoms with Gasteiger partial charge in [-0.05, 0) is 87.2 Å². The zero-order chi connectivity index (χ0) is 24.9. The fraction of sp³-hybridized carbons (Fsp3) is 0.280. The third-order valence-electron chi connectivity index (χ3n) is 5.93. The van der Waals surface area contributed by atoms with Crippen molar-refractivity contribution in [2.24, 2.45) is 10.2 Å². The Hall–Kier alpha value is -3.54. The van der Waals surface area contributed by atoms with Crippen LogP contribution >= 0.6 is 22.7 Å². The minimum Gasteiger partial charge on any atom is -0.363 e. The first-order valence-electron chi connectivity index (χ1n) is 11.9. The molecule has 0 atom stereocenters. The van der Waals surface area contributed by atoms with Crippen LogP contribution in [0.1, 0.15) is 29.0 Å². The van der Waals surface area contributed by atoms with Gasteiger partial charge in [0.2, 0.25) is 5.00 Å². The van der Waals surface area contributed by atoms with Crippen LogP contribution in [-0.2, 0) is 0 Å². The highest BCUT2D eigenvalue weighted by atomic mass is 32.1. The summed E-state index contributed by atoms with van der Waals surface area (Å²) < 4.78 is 0. The fourth-order valence-electron chi connectivity index (χ4n) is 3.98. The number of hydrazine groups is 1. The molecular formula is C25H30N9S2+. The number of quaternary nitrogens is 1. The number of hydrogen-bond donors (Lipinski definition) is 4. The van der Waals surface area contributed by atoms with E-state index in [1.54, 1.807) is 0 Å². The molecule has 1 aliphatic heterocycles. The smallest absolute Gasteiger partial charge is 0.251 e. The molecule has 3 heterocycles. The normalized spacial score (nSPS) is 13.5. The zero-order valence-corrected chi connectivity index (χ0v) is 22.2. The van der Waals surface area contributed by atoms with Crippen molar-refractivity contribution in [1.29, 1.82) is 0 Å². The van der Waals surface area contributed by atoms with E-state index in [1.165, 1.54) is 47.3 Å². The second-order valence-electron chi connectivity index (χ2n) is 8.74. The molecule has 0 spiro atoms. The second kappa shape index (κ2) is 11.0. The Morgan fingerprint density at radius 3 is 2.39 bits per heavy atom. The molecule has 0 unspecified atom stereocenters. The number of nitrogens with zero attached hydrogens (tertiary/aromatic N) is 5. The average Bonchev–Trinajstić information content (AvgIpc) is 3.64. The Morgan fingerprint density at radius 2 is 1.64 bits per heavy atom. The van der Waals surface area contributed by atoms with Crippen LogP contribution in [0, 0.1) is 20.8 Å². The van der Waals surface area contributed by atoms with Crippen molar-refractivity contribution in [3.8, 4) is 0 Å². The molecule has 2 aromatic carbocycles. The Balaban J connectivity index is 1.14. The van der Waals surface area contributed by atoms with E-state index in [0.29, 0.717) is 5.13 Å². The summed E-state index contributed by atoms with van der Waals surface area (Å²) in [6, 6.07) is 16.6. The molecule has 1 fully saturated rings. The van der Waals surface area contributed by atoms with Gasteiger partial charge in [0.05, 0.1) is 27.8 Å². The van der Waals surface area contributed by atoms with E-state index in [9.17, 15) is 0 Å². The topological polar surface area (TPSA) is 106 Å². The van der Waals surface area contributed by atoms with E-state index < -0.39 is 0 Å². The van der Waals surface area contributed by atoms with Crippen LogP contribution in [0.2, 0.25) is 0 Å². The molecule has 9 nitrogen and oxygen atoms in total. The van der Waals surface area contributed by atoms with Crippen molar-refractivity contribution in [1.82, 2.24) is 10.2 Å². The molecule has 11 heteroatoms. The number of azo groups is 1. The van der Waals surface area contributed by atoms with E-state index in [2.05, 4.69) is 84.3 Å². The van der Waals surface area contributed by atoms with Crippen LogP contribution in [0.3, 0.4) is 0 Å². The summed E-state index contributed by atoms with van der Waals surface area (Å²) in [7, 11) is 0. The fourth-order valence-corrected chi connectivity index (χ4v) is 5.44. The third-order valence-corrected chi connectivity index (χ3v) is 7.75. The first-order chi connectivity index (χ1) is 17.5. The minimum absolute atomic E-state index is 0.559. The number of nitrogens with two attached hydrogens (primary N) is 1. The van der Waals surface area contributed by atoms with Crippen LogP contribution < -0.4 is 26.6 Å². The molecular weight excluding hydrogens is 490 g/mol. The molecule has 0 amide bonds. The van der Waals surface area contributed by atoms with Gasteiger partial charge in [-0.15, -0.1) is 20.4 Å². The highest BCUT2D eigenvalue weighted by Gasteiger charge is 2.15. The van der Waals surface area contributed by atoms with Gasteiger partial charge in [0.15, 0.2) is 0 Å². The van der Waals surface area contributed by atoms with Gasteiger partial charge in [-0.2, -0.15) is 0 Å². The molecule has 186 valence electrons. The summed E-state index contributed by atoms with van der Waals surface area (Å²) in [6.07, 6.45) is 2.60. The summed E-state index contributed by atoms with van der Waals surface area (Å²) in [4.78, 5) is 2.47. The van der Waals surface area contributed by atoms with Gasteiger partial charge in [0.1, 0.15) is 5.01 Å². The van der Waals surface area contributed by atoms with E-state index in [4.69, 9.17) is 0 Å². The number of hydrogen-bond acceptors (Lipinski definition) is 10.